The maximum absolute atomic E-state index is 3.71. The Bertz CT molecular complexity index is 221. The van der Waals surface area contributed by atoms with Crippen molar-refractivity contribution in [3.05, 3.63) is 0 Å². The van der Waals surface area contributed by atoms with Crippen LogP contribution in [0.4, 0.5) is 0 Å². The molecule has 2 aliphatic rings. The fourth-order valence-electron chi connectivity index (χ4n) is 3.58. The molecule has 17 heavy (non-hydrogen) atoms. The molecule has 1 saturated heterocycles. The quantitative estimate of drug-likeness (QED) is 0.813. The predicted molar refractivity (Wildman–Crippen MR) is 74.3 cm³/mol. The molecular weight excluding hydrogens is 208 g/mol. The summed E-state index contributed by atoms with van der Waals surface area (Å²) in [5.74, 6) is 0.968. The summed E-state index contributed by atoms with van der Waals surface area (Å²) in [6.07, 6.45) is 8.40. The Morgan fingerprint density at radius 2 is 1.82 bits per heavy atom. The van der Waals surface area contributed by atoms with Crippen molar-refractivity contribution in [3.8, 4) is 0 Å². The summed E-state index contributed by atoms with van der Waals surface area (Å²) in [6, 6.07) is 2.36. The Balaban J connectivity index is 1.88. The van der Waals surface area contributed by atoms with Gasteiger partial charge in [-0.05, 0) is 44.9 Å². The summed E-state index contributed by atoms with van der Waals surface area (Å²) < 4.78 is 0. The standard InChI is InChI=1S/C15H30N2/c1-4-5-14-11-17(13(3)10-16-14)15-8-6-12(2)7-9-15/h12-16H,4-11H2,1-3H3. The van der Waals surface area contributed by atoms with E-state index < -0.39 is 0 Å². The first-order valence-corrected chi connectivity index (χ1v) is 7.69. The molecule has 2 nitrogen and oxygen atoms in total. The second kappa shape index (κ2) is 6.19. The van der Waals surface area contributed by atoms with Crippen LogP contribution in [0.2, 0.25) is 0 Å². The van der Waals surface area contributed by atoms with Gasteiger partial charge < -0.3 is 5.32 Å². The first-order valence-electron chi connectivity index (χ1n) is 7.69. The molecule has 1 aliphatic heterocycles. The summed E-state index contributed by atoms with van der Waals surface area (Å²) in [5, 5.41) is 3.71. The van der Waals surface area contributed by atoms with Crippen molar-refractivity contribution >= 4 is 0 Å². The van der Waals surface area contributed by atoms with Gasteiger partial charge in [-0.15, -0.1) is 0 Å². The van der Waals surface area contributed by atoms with Crippen LogP contribution in [0, 0.1) is 5.92 Å². The van der Waals surface area contributed by atoms with Gasteiger partial charge in [0.1, 0.15) is 0 Å². The molecular formula is C15H30N2. The Morgan fingerprint density at radius 1 is 1.12 bits per heavy atom. The first-order chi connectivity index (χ1) is 8.20. The molecule has 2 rings (SSSR count). The van der Waals surface area contributed by atoms with E-state index in [4.69, 9.17) is 0 Å². The fourth-order valence-corrected chi connectivity index (χ4v) is 3.58. The first kappa shape index (κ1) is 13.4. The summed E-state index contributed by atoms with van der Waals surface area (Å²) in [4.78, 5) is 2.81. The third kappa shape index (κ3) is 3.45. The summed E-state index contributed by atoms with van der Waals surface area (Å²) in [7, 11) is 0. The van der Waals surface area contributed by atoms with E-state index in [1.807, 2.05) is 0 Å². The molecule has 2 unspecified atom stereocenters. The van der Waals surface area contributed by atoms with Gasteiger partial charge in [-0.25, -0.2) is 0 Å². The van der Waals surface area contributed by atoms with Gasteiger partial charge in [-0.2, -0.15) is 0 Å². The molecule has 100 valence electrons. The van der Waals surface area contributed by atoms with Crippen LogP contribution in [0.25, 0.3) is 0 Å². The number of hydrogen-bond acceptors (Lipinski definition) is 2. The number of rotatable bonds is 3. The molecule has 0 radical (unpaired) electrons. The molecule has 0 aromatic heterocycles. The minimum absolute atomic E-state index is 0.738. The highest BCUT2D eigenvalue weighted by atomic mass is 15.2. The molecule has 2 heteroatoms. The average Bonchev–Trinajstić information content (AvgIpc) is 2.33. The van der Waals surface area contributed by atoms with E-state index in [2.05, 4.69) is 31.0 Å². The van der Waals surface area contributed by atoms with Crippen LogP contribution in [0.5, 0.6) is 0 Å². The predicted octanol–water partition coefficient (Wildman–Crippen LogP) is 3.03. The van der Waals surface area contributed by atoms with E-state index in [0.29, 0.717) is 0 Å². The molecule has 1 aliphatic carbocycles. The van der Waals surface area contributed by atoms with Crippen LogP contribution in [0.15, 0.2) is 0 Å². The summed E-state index contributed by atoms with van der Waals surface area (Å²) in [6.45, 7) is 9.58. The van der Waals surface area contributed by atoms with Gasteiger partial charge in [0.15, 0.2) is 0 Å². The Hall–Kier alpha value is -0.0800. The maximum Gasteiger partial charge on any atom is 0.0196 e. The van der Waals surface area contributed by atoms with Crippen molar-refractivity contribution in [2.24, 2.45) is 5.92 Å². The zero-order valence-corrected chi connectivity index (χ0v) is 11.9. The molecule has 1 N–H and O–H groups in total. The van der Waals surface area contributed by atoms with Crippen LogP contribution < -0.4 is 5.32 Å². The van der Waals surface area contributed by atoms with E-state index in [0.717, 1.165) is 24.0 Å². The average molecular weight is 238 g/mol. The van der Waals surface area contributed by atoms with Crippen LogP contribution in [-0.2, 0) is 0 Å². The lowest BCUT2D eigenvalue weighted by Crippen LogP contribution is -2.58. The van der Waals surface area contributed by atoms with Crippen molar-refractivity contribution in [1.29, 1.82) is 0 Å². The molecule has 0 bridgehead atoms. The third-order valence-corrected chi connectivity index (χ3v) is 4.79. The molecule has 0 amide bonds. The number of piperazine rings is 1. The molecule has 2 fully saturated rings. The van der Waals surface area contributed by atoms with Gasteiger partial charge in [-0.1, -0.05) is 20.3 Å². The van der Waals surface area contributed by atoms with E-state index in [-0.39, 0.29) is 0 Å². The topological polar surface area (TPSA) is 15.3 Å². The van der Waals surface area contributed by atoms with E-state index in [1.165, 1.54) is 51.6 Å². The van der Waals surface area contributed by atoms with E-state index in [1.54, 1.807) is 0 Å². The molecule has 0 spiro atoms. The normalized spacial score (nSPS) is 40.4. The van der Waals surface area contributed by atoms with Crippen LogP contribution in [0.1, 0.15) is 59.3 Å². The van der Waals surface area contributed by atoms with Crippen molar-refractivity contribution < 1.29 is 0 Å². The monoisotopic (exact) mass is 238 g/mol. The zero-order valence-electron chi connectivity index (χ0n) is 11.9. The Labute approximate surface area is 107 Å². The smallest absolute Gasteiger partial charge is 0.0196 e. The van der Waals surface area contributed by atoms with Gasteiger partial charge in [0, 0.05) is 31.2 Å². The SMILES string of the molecule is CCCC1CN(C2CCC(C)CC2)C(C)CN1. The lowest BCUT2D eigenvalue weighted by molar-refractivity contribution is 0.0604. The lowest BCUT2D eigenvalue weighted by Gasteiger charge is -2.45. The Kier molecular flexibility index (Phi) is 4.87. The van der Waals surface area contributed by atoms with Crippen molar-refractivity contribution in [2.75, 3.05) is 13.1 Å². The summed E-state index contributed by atoms with van der Waals surface area (Å²) >= 11 is 0. The summed E-state index contributed by atoms with van der Waals surface area (Å²) in [5.41, 5.74) is 0. The third-order valence-electron chi connectivity index (χ3n) is 4.79. The van der Waals surface area contributed by atoms with Gasteiger partial charge in [0.25, 0.3) is 0 Å². The van der Waals surface area contributed by atoms with Gasteiger partial charge in [0.2, 0.25) is 0 Å². The lowest BCUT2D eigenvalue weighted by atomic mass is 9.85. The molecule has 1 saturated carbocycles. The van der Waals surface area contributed by atoms with Crippen LogP contribution >= 0.6 is 0 Å². The largest absolute Gasteiger partial charge is 0.311 e. The van der Waals surface area contributed by atoms with Crippen LogP contribution in [0.3, 0.4) is 0 Å². The van der Waals surface area contributed by atoms with Crippen molar-refractivity contribution in [2.45, 2.75) is 77.4 Å². The number of hydrogen-bond donors (Lipinski definition) is 1. The van der Waals surface area contributed by atoms with E-state index >= 15 is 0 Å². The molecule has 0 aromatic carbocycles. The van der Waals surface area contributed by atoms with Gasteiger partial charge >= 0.3 is 0 Å². The zero-order chi connectivity index (χ0) is 12.3. The minimum Gasteiger partial charge on any atom is -0.311 e. The second-order valence-electron chi connectivity index (χ2n) is 6.35. The fraction of sp³-hybridized carbons (Fsp3) is 1.00. The second-order valence-corrected chi connectivity index (χ2v) is 6.35. The minimum atomic E-state index is 0.738. The molecule has 2 atom stereocenters. The van der Waals surface area contributed by atoms with Crippen molar-refractivity contribution in [1.82, 2.24) is 10.2 Å². The number of nitrogens with one attached hydrogen (secondary N) is 1. The number of nitrogens with zero attached hydrogens (tertiary/aromatic N) is 1. The van der Waals surface area contributed by atoms with Gasteiger partial charge in [0.05, 0.1) is 0 Å². The molecule has 0 aromatic rings. The highest BCUT2D eigenvalue weighted by Crippen LogP contribution is 2.29. The Morgan fingerprint density at radius 3 is 2.47 bits per heavy atom. The van der Waals surface area contributed by atoms with Gasteiger partial charge in [-0.3, -0.25) is 4.90 Å². The van der Waals surface area contributed by atoms with Crippen molar-refractivity contribution in [3.63, 3.8) is 0 Å². The van der Waals surface area contributed by atoms with Crippen LogP contribution in [-0.4, -0.2) is 36.1 Å². The maximum atomic E-state index is 3.71. The highest BCUT2D eigenvalue weighted by Gasteiger charge is 2.31. The van der Waals surface area contributed by atoms with E-state index in [9.17, 15) is 0 Å². The highest BCUT2D eigenvalue weighted by molar-refractivity contribution is 4.89. The molecule has 1 heterocycles.